The van der Waals surface area contributed by atoms with Crippen molar-refractivity contribution in [1.82, 2.24) is 0 Å². The van der Waals surface area contributed by atoms with Gasteiger partial charge in [-0.25, -0.2) is 0 Å². The first-order chi connectivity index (χ1) is 18.4. The smallest absolute Gasteiger partial charge is 0.296 e. The molecule has 5 aromatic carbocycles. The quantitative estimate of drug-likeness (QED) is 0.145. The van der Waals surface area contributed by atoms with E-state index >= 15 is 0 Å². The van der Waals surface area contributed by atoms with Gasteiger partial charge in [0.1, 0.15) is 16.3 Å². The SMILES string of the molecule is O=S(=O)(O)c1ccccc1N=Nc1ccc(N=Nc2ccc3cc(Nc4ccccc4)ccc3c2O)cc1. The lowest BCUT2D eigenvalue weighted by molar-refractivity contribution is 0.482. The Morgan fingerprint density at radius 3 is 1.92 bits per heavy atom. The molecule has 0 aliphatic carbocycles. The van der Waals surface area contributed by atoms with Gasteiger partial charge >= 0.3 is 0 Å². The first kappa shape index (κ1) is 24.8. The van der Waals surface area contributed by atoms with Crippen molar-refractivity contribution in [2.45, 2.75) is 4.90 Å². The van der Waals surface area contributed by atoms with E-state index in [1.165, 1.54) is 18.2 Å². The Morgan fingerprint density at radius 2 is 1.24 bits per heavy atom. The second kappa shape index (κ2) is 10.6. The molecule has 5 aromatic rings. The Bertz CT molecular complexity index is 1770. The number of benzene rings is 5. The molecule has 9 nitrogen and oxygen atoms in total. The number of anilines is 2. The van der Waals surface area contributed by atoms with E-state index in [9.17, 15) is 18.1 Å². The van der Waals surface area contributed by atoms with Gasteiger partial charge in [0.25, 0.3) is 10.1 Å². The third-order valence-corrected chi connectivity index (χ3v) is 6.47. The molecular formula is C28H21N5O4S. The molecule has 0 fully saturated rings. The predicted octanol–water partition coefficient (Wildman–Crippen LogP) is 8.37. The molecule has 38 heavy (non-hydrogen) atoms. The molecule has 0 spiro atoms. The molecule has 0 bridgehead atoms. The topological polar surface area (TPSA) is 136 Å². The molecule has 3 N–H and O–H groups in total. The van der Waals surface area contributed by atoms with Crippen molar-refractivity contribution in [2.24, 2.45) is 20.5 Å². The number of para-hydroxylation sites is 1. The second-order valence-corrected chi connectivity index (χ2v) is 9.61. The van der Waals surface area contributed by atoms with Crippen molar-refractivity contribution in [1.29, 1.82) is 0 Å². The first-order valence-electron chi connectivity index (χ1n) is 11.4. The van der Waals surface area contributed by atoms with Gasteiger partial charge in [-0.1, -0.05) is 36.4 Å². The van der Waals surface area contributed by atoms with Gasteiger partial charge < -0.3 is 10.4 Å². The molecule has 0 saturated carbocycles. The van der Waals surface area contributed by atoms with E-state index in [2.05, 4.69) is 25.8 Å². The van der Waals surface area contributed by atoms with Gasteiger partial charge in [-0.2, -0.15) is 18.6 Å². The van der Waals surface area contributed by atoms with E-state index in [1.54, 1.807) is 36.4 Å². The average Bonchev–Trinajstić information content (AvgIpc) is 2.92. The first-order valence-corrected chi connectivity index (χ1v) is 12.9. The summed E-state index contributed by atoms with van der Waals surface area (Å²) in [6.07, 6.45) is 0. The van der Waals surface area contributed by atoms with Crippen LogP contribution in [0.4, 0.5) is 34.1 Å². The number of phenols is 1. The van der Waals surface area contributed by atoms with Gasteiger partial charge in [-0.15, -0.1) is 10.2 Å². The zero-order chi connectivity index (χ0) is 26.5. The lowest BCUT2D eigenvalue weighted by atomic mass is 10.1. The number of fused-ring (bicyclic) bond motifs is 1. The third-order valence-electron chi connectivity index (χ3n) is 5.57. The van der Waals surface area contributed by atoms with Crippen molar-refractivity contribution in [3.63, 3.8) is 0 Å². The van der Waals surface area contributed by atoms with Crippen molar-refractivity contribution >= 4 is 55.0 Å². The molecule has 0 amide bonds. The zero-order valence-corrected chi connectivity index (χ0v) is 20.6. The van der Waals surface area contributed by atoms with E-state index in [0.29, 0.717) is 22.4 Å². The van der Waals surface area contributed by atoms with E-state index in [0.717, 1.165) is 16.8 Å². The highest BCUT2D eigenvalue weighted by Gasteiger charge is 2.14. The van der Waals surface area contributed by atoms with Crippen molar-refractivity contribution in [3.05, 3.63) is 109 Å². The number of hydrogen-bond acceptors (Lipinski definition) is 8. The maximum atomic E-state index is 11.5. The van der Waals surface area contributed by atoms with Gasteiger partial charge in [-0.05, 0) is 78.2 Å². The van der Waals surface area contributed by atoms with Gasteiger partial charge in [0.2, 0.25) is 0 Å². The van der Waals surface area contributed by atoms with Crippen molar-refractivity contribution < 1.29 is 18.1 Å². The number of azo groups is 2. The summed E-state index contributed by atoms with van der Waals surface area (Å²) in [5.41, 5.74) is 3.18. The number of hydrogen-bond donors (Lipinski definition) is 3. The van der Waals surface area contributed by atoms with Crippen molar-refractivity contribution in [2.75, 3.05) is 5.32 Å². The van der Waals surface area contributed by atoms with E-state index in [-0.39, 0.29) is 16.3 Å². The van der Waals surface area contributed by atoms with Crippen LogP contribution in [0.15, 0.2) is 135 Å². The highest BCUT2D eigenvalue weighted by molar-refractivity contribution is 7.86. The summed E-state index contributed by atoms with van der Waals surface area (Å²) in [5.74, 6) is 0.0282. The largest absolute Gasteiger partial charge is 0.505 e. The molecule has 5 rings (SSSR count). The molecule has 0 aliphatic heterocycles. The second-order valence-electron chi connectivity index (χ2n) is 8.22. The lowest BCUT2D eigenvalue weighted by Gasteiger charge is -2.09. The Balaban J connectivity index is 1.31. The predicted molar refractivity (Wildman–Crippen MR) is 146 cm³/mol. The molecule has 10 heteroatoms. The van der Waals surface area contributed by atoms with Crippen LogP contribution >= 0.6 is 0 Å². The summed E-state index contributed by atoms with van der Waals surface area (Å²) >= 11 is 0. The fraction of sp³-hybridized carbons (Fsp3) is 0. The molecule has 0 heterocycles. The highest BCUT2D eigenvalue weighted by atomic mass is 32.2. The molecule has 188 valence electrons. The number of phenolic OH excluding ortho intramolecular Hbond substituents is 1. The lowest BCUT2D eigenvalue weighted by Crippen LogP contribution is -1.97. The van der Waals surface area contributed by atoms with E-state index in [1.807, 2.05) is 54.6 Å². The molecule has 0 aliphatic rings. The maximum absolute atomic E-state index is 11.5. The van der Waals surface area contributed by atoms with Gasteiger partial charge in [-0.3, -0.25) is 4.55 Å². The van der Waals surface area contributed by atoms with Crippen molar-refractivity contribution in [3.8, 4) is 5.75 Å². The minimum Gasteiger partial charge on any atom is -0.505 e. The highest BCUT2D eigenvalue weighted by Crippen LogP contribution is 2.37. The molecule has 0 atom stereocenters. The number of rotatable bonds is 7. The summed E-state index contributed by atoms with van der Waals surface area (Å²) in [6, 6.07) is 31.4. The maximum Gasteiger partial charge on any atom is 0.296 e. The van der Waals surface area contributed by atoms with Crippen LogP contribution in [-0.4, -0.2) is 18.1 Å². The number of nitrogens with zero attached hydrogens (tertiary/aromatic N) is 4. The summed E-state index contributed by atoms with van der Waals surface area (Å²) in [6.45, 7) is 0. The monoisotopic (exact) mass is 523 g/mol. The summed E-state index contributed by atoms with van der Waals surface area (Å²) in [5, 5.41) is 31.9. The van der Waals surface area contributed by atoms with Crippen LogP contribution in [0, 0.1) is 0 Å². The minimum atomic E-state index is -4.42. The summed E-state index contributed by atoms with van der Waals surface area (Å²) < 4.78 is 32.3. The Morgan fingerprint density at radius 1 is 0.605 bits per heavy atom. The third kappa shape index (κ3) is 5.72. The number of nitrogens with one attached hydrogen (secondary N) is 1. The van der Waals surface area contributed by atoms with E-state index < -0.39 is 10.1 Å². The Kier molecular flexibility index (Phi) is 6.90. The summed E-state index contributed by atoms with van der Waals surface area (Å²) in [4.78, 5) is -0.326. The van der Waals surface area contributed by atoms with Crippen LogP contribution in [0.1, 0.15) is 0 Å². The van der Waals surface area contributed by atoms with Crippen LogP contribution in [0.3, 0.4) is 0 Å². The van der Waals surface area contributed by atoms with E-state index in [4.69, 9.17) is 0 Å². The van der Waals surface area contributed by atoms with Crippen LogP contribution in [0.5, 0.6) is 5.75 Å². The van der Waals surface area contributed by atoms with Crippen LogP contribution in [-0.2, 0) is 10.1 Å². The summed E-state index contributed by atoms with van der Waals surface area (Å²) in [7, 11) is -4.42. The molecule has 0 saturated heterocycles. The normalized spacial score (nSPS) is 11.9. The minimum absolute atomic E-state index is 0.0218. The fourth-order valence-electron chi connectivity index (χ4n) is 3.72. The zero-order valence-electron chi connectivity index (χ0n) is 19.8. The standard InChI is InChI=1S/C28H21N5O4S/c34-28-24-16-15-23(29-20-6-2-1-3-7-20)18-19(24)10-17-26(28)33-31-22-13-11-21(12-14-22)30-32-25-8-4-5-9-27(25)38(35,36)37/h1-18,29,34H,(H,35,36,37). The average molecular weight is 524 g/mol. The fourth-order valence-corrected chi connectivity index (χ4v) is 4.34. The van der Waals surface area contributed by atoms with Gasteiger partial charge in [0.05, 0.1) is 11.4 Å². The number of aromatic hydroxyl groups is 1. The Hall–Kier alpha value is -4.93. The molecule has 0 radical (unpaired) electrons. The van der Waals surface area contributed by atoms with Crippen LogP contribution in [0.25, 0.3) is 10.8 Å². The van der Waals surface area contributed by atoms with Gasteiger partial charge in [0.15, 0.2) is 5.75 Å². The molecule has 0 aromatic heterocycles. The van der Waals surface area contributed by atoms with Gasteiger partial charge in [0, 0.05) is 16.8 Å². The molecular weight excluding hydrogens is 502 g/mol. The van der Waals surface area contributed by atoms with Crippen LogP contribution in [0.2, 0.25) is 0 Å². The van der Waals surface area contributed by atoms with Crippen LogP contribution < -0.4 is 5.32 Å². The Labute approximate surface area is 218 Å². The molecule has 0 unspecified atom stereocenters.